The minimum Gasteiger partial charge on any atom is -0.260 e. The van der Waals surface area contributed by atoms with Gasteiger partial charge < -0.3 is 0 Å². The number of nitrogens with zero attached hydrogens (tertiary/aromatic N) is 3. The summed E-state index contributed by atoms with van der Waals surface area (Å²) in [6, 6.07) is 0. The zero-order valence-electron chi connectivity index (χ0n) is 4.59. The van der Waals surface area contributed by atoms with Crippen molar-refractivity contribution in [2.24, 2.45) is 5.22 Å². The molecule has 4 nitrogen and oxygen atoms in total. The van der Waals surface area contributed by atoms with Gasteiger partial charge in [-0.05, 0) is 5.22 Å². The molecule has 0 rings (SSSR count). The lowest BCUT2D eigenvalue weighted by Gasteiger charge is -1.98. The lowest BCUT2D eigenvalue weighted by Crippen LogP contribution is -2.17. The highest BCUT2D eigenvalue weighted by Crippen LogP contribution is 2.02. The minimum absolute atomic E-state index is 0.536. The van der Waals surface area contributed by atoms with Crippen LogP contribution in [0.5, 0.6) is 0 Å². The molecule has 6 heteroatoms. The fraction of sp³-hybridized carbons (Fsp3) is 1.00. The van der Waals surface area contributed by atoms with E-state index in [4.69, 9.17) is 5.53 Å². The molecule has 0 aliphatic rings. The van der Waals surface area contributed by atoms with Crippen molar-refractivity contribution in [3.63, 3.8) is 0 Å². The lowest BCUT2D eigenvalue weighted by molar-refractivity contribution is 0.736. The van der Waals surface area contributed by atoms with Crippen LogP contribution < -0.4 is 5.43 Å². The van der Waals surface area contributed by atoms with Gasteiger partial charge >= 0.3 is 0 Å². The van der Waals surface area contributed by atoms with Crippen LogP contribution in [0.2, 0.25) is 0 Å². The SMILES string of the molecule is [N-]=[N+]=NNCC(I)CI. The highest BCUT2D eigenvalue weighted by atomic mass is 127. The molecule has 1 atom stereocenters. The molecule has 0 saturated carbocycles. The van der Waals surface area contributed by atoms with E-state index in [-0.39, 0.29) is 0 Å². The molecule has 0 radical (unpaired) electrons. The van der Waals surface area contributed by atoms with Crippen LogP contribution in [0, 0.1) is 0 Å². The second-order valence-corrected chi connectivity index (χ2v) is 3.95. The smallest absolute Gasteiger partial charge is 0.0984 e. The minimum atomic E-state index is 0.536. The van der Waals surface area contributed by atoms with Gasteiger partial charge in [-0.1, -0.05) is 45.2 Å². The summed E-state index contributed by atoms with van der Waals surface area (Å²) >= 11 is 4.57. The van der Waals surface area contributed by atoms with Crippen LogP contribution in [0.25, 0.3) is 10.4 Å². The third-order valence-corrected chi connectivity index (χ3v) is 4.22. The average molecular weight is 352 g/mol. The molecule has 1 N–H and O–H groups in total. The van der Waals surface area contributed by atoms with Crippen molar-refractivity contribution >= 4 is 45.2 Å². The van der Waals surface area contributed by atoms with E-state index in [2.05, 4.69) is 60.7 Å². The second-order valence-electron chi connectivity index (χ2n) is 1.30. The predicted molar refractivity (Wildman–Crippen MR) is 53.8 cm³/mol. The third-order valence-electron chi connectivity index (χ3n) is 0.596. The van der Waals surface area contributed by atoms with Crippen LogP contribution in [0.3, 0.4) is 0 Å². The normalized spacial score (nSPS) is 11.8. The maximum absolute atomic E-state index is 7.84. The van der Waals surface area contributed by atoms with Crippen molar-refractivity contribution in [3.8, 4) is 0 Å². The van der Waals surface area contributed by atoms with E-state index in [0.29, 0.717) is 3.92 Å². The number of rotatable bonds is 4. The number of hydrogen-bond acceptors (Lipinski definition) is 1. The van der Waals surface area contributed by atoms with E-state index in [1.807, 2.05) is 0 Å². The Labute approximate surface area is 80.6 Å². The quantitative estimate of drug-likeness (QED) is 0.207. The summed E-state index contributed by atoms with van der Waals surface area (Å²) in [5, 5.41) is 3.18. The summed E-state index contributed by atoms with van der Waals surface area (Å²) in [6.45, 7) is 0.744. The molecule has 0 aliphatic carbocycles. The van der Waals surface area contributed by atoms with Crippen LogP contribution in [0.1, 0.15) is 0 Å². The standard InChI is InChI=1S/C3H6I2N4/c4-1-3(5)2-7-9-8-6/h3,7H,1-2H2. The Bertz CT molecular complexity index is 110. The molecular weight excluding hydrogens is 346 g/mol. The maximum atomic E-state index is 7.84. The summed E-state index contributed by atoms with van der Waals surface area (Å²) in [5.74, 6) is 0. The molecule has 0 bridgehead atoms. The van der Waals surface area contributed by atoms with E-state index in [0.717, 1.165) is 11.0 Å². The Kier molecular flexibility index (Phi) is 7.11. The molecule has 52 valence electrons. The van der Waals surface area contributed by atoms with Gasteiger partial charge in [0.2, 0.25) is 0 Å². The van der Waals surface area contributed by atoms with Gasteiger partial charge in [-0.25, -0.2) is 0 Å². The Balaban J connectivity index is 3.16. The third kappa shape index (κ3) is 6.46. The van der Waals surface area contributed by atoms with Crippen LogP contribution >= 0.6 is 45.2 Å². The molecule has 0 aromatic rings. The Hall–Kier alpha value is 0.570. The summed E-state index contributed by atoms with van der Waals surface area (Å²) in [5.41, 5.74) is 10.4. The topological polar surface area (TPSA) is 60.8 Å². The van der Waals surface area contributed by atoms with E-state index in [9.17, 15) is 0 Å². The summed E-state index contributed by atoms with van der Waals surface area (Å²) < 4.78 is 1.60. The first kappa shape index (κ1) is 9.57. The molecule has 0 aromatic carbocycles. The highest BCUT2D eigenvalue weighted by Gasteiger charge is 1.99. The van der Waals surface area contributed by atoms with E-state index >= 15 is 0 Å². The predicted octanol–water partition coefficient (Wildman–Crippen LogP) is 2.04. The van der Waals surface area contributed by atoms with Gasteiger partial charge in [0.15, 0.2) is 0 Å². The van der Waals surface area contributed by atoms with E-state index in [1.165, 1.54) is 0 Å². The molecule has 0 saturated heterocycles. The monoisotopic (exact) mass is 352 g/mol. The van der Waals surface area contributed by atoms with E-state index in [1.54, 1.807) is 0 Å². The first-order valence-electron chi connectivity index (χ1n) is 2.28. The number of halogens is 2. The highest BCUT2D eigenvalue weighted by molar-refractivity contribution is 14.1. The van der Waals surface area contributed by atoms with Gasteiger partial charge in [-0.15, -0.1) is 5.53 Å². The van der Waals surface area contributed by atoms with Gasteiger partial charge in [0.25, 0.3) is 0 Å². The zero-order valence-corrected chi connectivity index (χ0v) is 8.90. The zero-order chi connectivity index (χ0) is 7.11. The Morgan fingerprint density at radius 3 is 2.89 bits per heavy atom. The second kappa shape index (κ2) is 6.69. The van der Waals surface area contributed by atoms with Crippen LogP contribution in [0.15, 0.2) is 5.22 Å². The van der Waals surface area contributed by atoms with Crippen molar-refractivity contribution in [1.29, 1.82) is 0 Å². The van der Waals surface area contributed by atoms with Gasteiger partial charge in [-0.2, -0.15) is 4.91 Å². The average Bonchev–Trinajstić information content (AvgIpc) is 1.89. The lowest BCUT2D eigenvalue weighted by atomic mass is 10.5. The summed E-state index contributed by atoms with van der Waals surface area (Å²) in [6.07, 6.45) is 0. The number of azide groups is 1. The van der Waals surface area contributed by atoms with E-state index < -0.39 is 0 Å². The molecule has 0 fully saturated rings. The molecule has 1 unspecified atom stereocenters. The van der Waals surface area contributed by atoms with Crippen molar-refractivity contribution in [2.75, 3.05) is 11.0 Å². The van der Waals surface area contributed by atoms with Gasteiger partial charge in [0.1, 0.15) is 0 Å². The fourth-order valence-corrected chi connectivity index (χ4v) is 0.734. The molecular formula is C3H6I2N4. The molecule has 0 amide bonds. The molecule has 0 spiro atoms. The summed E-state index contributed by atoms with van der Waals surface area (Å²) in [7, 11) is 0. The first-order valence-corrected chi connectivity index (χ1v) is 5.05. The Morgan fingerprint density at radius 1 is 1.78 bits per heavy atom. The molecule has 9 heavy (non-hydrogen) atoms. The maximum Gasteiger partial charge on any atom is 0.0984 e. The van der Waals surface area contributed by atoms with Crippen LogP contribution in [0.4, 0.5) is 0 Å². The number of hydrogen-bond donors (Lipinski definition) is 1. The van der Waals surface area contributed by atoms with Crippen molar-refractivity contribution < 1.29 is 0 Å². The van der Waals surface area contributed by atoms with Gasteiger partial charge in [-0.3, -0.25) is 5.43 Å². The summed E-state index contributed by atoms with van der Waals surface area (Å²) in [4.78, 5) is 2.55. The number of alkyl halides is 2. The van der Waals surface area contributed by atoms with Crippen LogP contribution in [-0.2, 0) is 0 Å². The Morgan fingerprint density at radius 2 is 2.44 bits per heavy atom. The fourth-order valence-electron chi connectivity index (χ4n) is 0.226. The van der Waals surface area contributed by atoms with Crippen molar-refractivity contribution in [1.82, 2.24) is 5.43 Å². The number of nitrogens with one attached hydrogen (secondary N) is 1. The largest absolute Gasteiger partial charge is 0.260 e. The molecule has 0 heterocycles. The van der Waals surface area contributed by atoms with Crippen molar-refractivity contribution in [3.05, 3.63) is 10.4 Å². The van der Waals surface area contributed by atoms with Crippen molar-refractivity contribution in [2.45, 2.75) is 3.92 Å². The molecule has 0 aromatic heterocycles. The van der Waals surface area contributed by atoms with Crippen LogP contribution in [-0.4, -0.2) is 14.9 Å². The first-order chi connectivity index (χ1) is 4.31. The molecule has 0 aliphatic heterocycles. The van der Waals surface area contributed by atoms with Gasteiger partial charge in [0, 0.05) is 4.43 Å². The van der Waals surface area contributed by atoms with Gasteiger partial charge in [0.05, 0.1) is 10.5 Å².